The monoisotopic (exact) mass is 253 g/mol. The molecule has 0 atom stereocenters. The van der Waals surface area contributed by atoms with Gasteiger partial charge in [-0.2, -0.15) is 0 Å². The summed E-state index contributed by atoms with van der Waals surface area (Å²) < 4.78 is 5.49. The molecule has 0 amide bonds. The van der Waals surface area contributed by atoms with Crippen LogP contribution in [0.15, 0.2) is 18.2 Å². The summed E-state index contributed by atoms with van der Waals surface area (Å²) in [4.78, 5) is 1.94. The summed E-state index contributed by atoms with van der Waals surface area (Å²) in [5.41, 5.74) is 2.25. The smallest absolute Gasteiger partial charge is 0.122 e. The van der Waals surface area contributed by atoms with Crippen LogP contribution in [0.5, 0.6) is 5.75 Å². The second-order valence-electron chi connectivity index (χ2n) is 4.47. The molecular weight excluding hydrogens is 230 g/mol. The van der Waals surface area contributed by atoms with Gasteiger partial charge in [-0.05, 0) is 38.1 Å². The molecule has 1 rings (SSSR count). The van der Waals surface area contributed by atoms with Gasteiger partial charge in [-0.1, -0.05) is 12.1 Å². The van der Waals surface area contributed by atoms with E-state index in [2.05, 4.69) is 6.07 Å². The van der Waals surface area contributed by atoms with E-state index in [1.165, 1.54) is 0 Å². The predicted octanol–water partition coefficient (Wildman–Crippen LogP) is 1.18. The Kier molecular flexibility index (Phi) is 6.12. The number of aryl methyl sites for hydroxylation is 1. The van der Waals surface area contributed by atoms with Gasteiger partial charge in [0.2, 0.25) is 0 Å². The van der Waals surface area contributed by atoms with Crippen molar-refractivity contribution >= 4 is 0 Å². The van der Waals surface area contributed by atoms with E-state index in [4.69, 9.17) is 14.9 Å². The molecule has 0 heterocycles. The molecule has 0 aliphatic carbocycles. The van der Waals surface area contributed by atoms with E-state index >= 15 is 0 Å². The van der Waals surface area contributed by atoms with Crippen LogP contribution < -0.4 is 4.74 Å². The molecule has 0 radical (unpaired) electrons. The van der Waals surface area contributed by atoms with Crippen LogP contribution >= 0.6 is 0 Å². The molecule has 4 heteroatoms. The van der Waals surface area contributed by atoms with Crippen molar-refractivity contribution in [3.05, 3.63) is 29.3 Å². The lowest BCUT2D eigenvalue weighted by Crippen LogP contribution is -2.37. The second kappa shape index (κ2) is 7.36. The summed E-state index contributed by atoms with van der Waals surface area (Å²) in [6.07, 6.45) is 0. The van der Waals surface area contributed by atoms with Crippen LogP contribution in [0.2, 0.25) is 0 Å². The summed E-state index contributed by atoms with van der Waals surface area (Å²) in [5, 5.41) is 18.2. The molecule has 2 N–H and O–H groups in total. The summed E-state index contributed by atoms with van der Waals surface area (Å²) >= 11 is 0. The largest absolute Gasteiger partial charge is 0.494 e. The third kappa shape index (κ3) is 3.98. The lowest BCUT2D eigenvalue weighted by Gasteiger charge is -2.24. The zero-order valence-electron chi connectivity index (χ0n) is 11.4. The minimum atomic E-state index is -0.211. The summed E-state index contributed by atoms with van der Waals surface area (Å²) in [6.45, 7) is 5.26. The Hall–Kier alpha value is -1.10. The van der Waals surface area contributed by atoms with Crippen molar-refractivity contribution in [2.45, 2.75) is 26.4 Å². The number of benzene rings is 1. The van der Waals surface area contributed by atoms with Crippen LogP contribution in [0.4, 0.5) is 0 Å². The van der Waals surface area contributed by atoms with Crippen LogP contribution in [0.25, 0.3) is 0 Å². The fourth-order valence-corrected chi connectivity index (χ4v) is 1.88. The van der Waals surface area contributed by atoms with Gasteiger partial charge < -0.3 is 14.9 Å². The minimum Gasteiger partial charge on any atom is -0.494 e. The molecule has 1 aromatic carbocycles. The van der Waals surface area contributed by atoms with Gasteiger partial charge in [0.25, 0.3) is 0 Å². The maximum absolute atomic E-state index is 9.12. The third-order valence-electron chi connectivity index (χ3n) is 3.02. The Morgan fingerprint density at radius 3 is 2.44 bits per heavy atom. The number of rotatable bonds is 7. The molecule has 0 unspecified atom stereocenters. The van der Waals surface area contributed by atoms with Crippen molar-refractivity contribution in [3.63, 3.8) is 0 Å². The molecule has 0 saturated carbocycles. The van der Waals surface area contributed by atoms with Gasteiger partial charge in [-0.15, -0.1) is 0 Å². The molecule has 0 fully saturated rings. The standard InChI is InChI=1S/C14H23NO3/c1-4-18-14-6-5-12(7-11(14)2)8-15(3)13(9-16)10-17/h5-7,13,16-17H,4,8-10H2,1-3H3. The maximum atomic E-state index is 9.12. The van der Waals surface area contributed by atoms with E-state index in [-0.39, 0.29) is 19.3 Å². The van der Waals surface area contributed by atoms with E-state index in [0.29, 0.717) is 13.2 Å². The van der Waals surface area contributed by atoms with E-state index in [1.807, 2.05) is 37.9 Å². The van der Waals surface area contributed by atoms with Gasteiger partial charge in [0.1, 0.15) is 5.75 Å². The predicted molar refractivity (Wildman–Crippen MR) is 71.8 cm³/mol. The van der Waals surface area contributed by atoms with Gasteiger partial charge in [0.05, 0.1) is 25.9 Å². The third-order valence-corrected chi connectivity index (χ3v) is 3.02. The first-order chi connectivity index (χ1) is 8.62. The summed E-state index contributed by atoms with van der Waals surface area (Å²) in [6, 6.07) is 5.85. The van der Waals surface area contributed by atoms with Crippen LogP contribution in [0.1, 0.15) is 18.1 Å². The Morgan fingerprint density at radius 2 is 1.94 bits per heavy atom. The molecule has 4 nitrogen and oxygen atoms in total. The molecule has 0 aromatic heterocycles. The average Bonchev–Trinajstić information content (AvgIpc) is 2.34. The first-order valence-corrected chi connectivity index (χ1v) is 6.26. The van der Waals surface area contributed by atoms with Crippen molar-refractivity contribution in [2.24, 2.45) is 0 Å². The average molecular weight is 253 g/mol. The lowest BCUT2D eigenvalue weighted by molar-refractivity contribution is 0.0873. The van der Waals surface area contributed by atoms with Crippen LogP contribution in [0.3, 0.4) is 0 Å². The molecule has 0 saturated heterocycles. The quantitative estimate of drug-likeness (QED) is 0.766. The van der Waals surface area contributed by atoms with Crippen LogP contribution in [-0.2, 0) is 6.54 Å². The highest BCUT2D eigenvalue weighted by atomic mass is 16.5. The van der Waals surface area contributed by atoms with Crippen LogP contribution in [-0.4, -0.2) is 48.0 Å². The molecule has 18 heavy (non-hydrogen) atoms. The fourth-order valence-electron chi connectivity index (χ4n) is 1.88. The van der Waals surface area contributed by atoms with Crippen molar-refractivity contribution < 1.29 is 14.9 Å². The first-order valence-electron chi connectivity index (χ1n) is 6.26. The van der Waals surface area contributed by atoms with E-state index < -0.39 is 0 Å². The van der Waals surface area contributed by atoms with Crippen molar-refractivity contribution in [1.82, 2.24) is 4.90 Å². The Bertz CT molecular complexity index is 364. The number of ether oxygens (including phenoxy) is 1. The van der Waals surface area contributed by atoms with Gasteiger partial charge in [0.15, 0.2) is 0 Å². The Labute approximate surface area is 109 Å². The molecule has 0 bridgehead atoms. The van der Waals surface area contributed by atoms with Crippen molar-refractivity contribution in [2.75, 3.05) is 26.9 Å². The van der Waals surface area contributed by atoms with Gasteiger partial charge in [-0.3, -0.25) is 4.90 Å². The number of aliphatic hydroxyl groups is 2. The lowest BCUT2D eigenvalue weighted by atomic mass is 10.1. The number of hydrogen-bond donors (Lipinski definition) is 2. The number of nitrogens with zero attached hydrogens (tertiary/aromatic N) is 1. The number of likely N-dealkylation sites (N-methyl/N-ethyl adjacent to an activating group) is 1. The molecule has 0 aliphatic rings. The van der Waals surface area contributed by atoms with Crippen molar-refractivity contribution in [1.29, 1.82) is 0 Å². The molecule has 0 spiro atoms. The highest BCUT2D eigenvalue weighted by Crippen LogP contribution is 2.20. The van der Waals surface area contributed by atoms with Gasteiger partial charge in [0, 0.05) is 6.54 Å². The summed E-state index contributed by atoms with van der Waals surface area (Å²) in [5.74, 6) is 0.907. The van der Waals surface area contributed by atoms with Gasteiger partial charge >= 0.3 is 0 Å². The highest BCUT2D eigenvalue weighted by molar-refractivity contribution is 5.36. The normalized spacial score (nSPS) is 11.3. The van der Waals surface area contributed by atoms with E-state index in [9.17, 15) is 0 Å². The zero-order valence-corrected chi connectivity index (χ0v) is 11.4. The molecule has 102 valence electrons. The van der Waals surface area contributed by atoms with E-state index in [0.717, 1.165) is 16.9 Å². The Morgan fingerprint density at radius 1 is 1.28 bits per heavy atom. The molecule has 1 aromatic rings. The van der Waals surface area contributed by atoms with Crippen LogP contribution in [0, 0.1) is 6.92 Å². The summed E-state index contributed by atoms with van der Waals surface area (Å²) in [7, 11) is 1.89. The number of aliphatic hydroxyl groups excluding tert-OH is 2. The fraction of sp³-hybridized carbons (Fsp3) is 0.571. The first kappa shape index (κ1) is 15.0. The topological polar surface area (TPSA) is 52.9 Å². The second-order valence-corrected chi connectivity index (χ2v) is 4.47. The molecular formula is C14H23NO3. The number of hydrogen-bond acceptors (Lipinski definition) is 4. The SMILES string of the molecule is CCOc1ccc(CN(C)C(CO)CO)cc1C. The zero-order chi connectivity index (χ0) is 13.5. The molecule has 0 aliphatic heterocycles. The van der Waals surface area contributed by atoms with Gasteiger partial charge in [-0.25, -0.2) is 0 Å². The Balaban J connectivity index is 2.70. The highest BCUT2D eigenvalue weighted by Gasteiger charge is 2.13. The minimum absolute atomic E-state index is 0.0387. The van der Waals surface area contributed by atoms with Crippen molar-refractivity contribution in [3.8, 4) is 5.75 Å². The van der Waals surface area contributed by atoms with E-state index in [1.54, 1.807) is 0 Å². The maximum Gasteiger partial charge on any atom is 0.122 e.